The maximum atomic E-state index is 4.87. The van der Waals surface area contributed by atoms with Crippen LogP contribution in [0.2, 0.25) is 0 Å². The van der Waals surface area contributed by atoms with Gasteiger partial charge in [0.05, 0.1) is 11.0 Å². The van der Waals surface area contributed by atoms with Gasteiger partial charge in [0, 0.05) is 42.7 Å². The summed E-state index contributed by atoms with van der Waals surface area (Å²) in [6.45, 7) is 0. The second kappa shape index (κ2) is 10.2. The van der Waals surface area contributed by atoms with Crippen molar-refractivity contribution in [3.8, 4) is 23.0 Å². The third-order valence-electron chi connectivity index (χ3n) is 9.32. The molecule has 3 aromatic heterocycles. The lowest BCUT2D eigenvalue weighted by Gasteiger charge is -2.12. The number of nitrogens with zero attached hydrogens (tertiary/aromatic N) is 2. The topological polar surface area (TPSA) is 25.8 Å². The molecule has 3 heteroatoms. The Morgan fingerprint density at radius 2 is 1.02 bits per heavy atom. The van der Waals surface area contributed by atoms with Crippen LogP contribution < -0.4 is 0 Å². The molecular formula is C44H24N2S. The van der Waals surface area contributed by atoms with Gasteiger partial charge in [-0.3, -0.25) is 4.98 Å². The van der Waals surface area contributed by atoms with E-state index in [-0.39, 0.29) is 0 Å². The molecule has 0 N–H and O–H groups in total. The zero-order valence-electron chi connectivity index (χ0n) is 25.2. The summed E-state index contributed by atoms with van der Waals surface area (Å²) < 4.78 is 2.52. The van der Waals surface area contributed by atoms with Crippen molar-refractivity contribution in [1.29, 1.82) is 0 Å². The largest absolute Gasteiger partial charge is 0.254 e. The van der Waals surface area contributed by atoms with Gasteiger partial charge in [0.2, 0.25) is 0 Å². The minimum atomic E-state index is 0.743. The van der Waals surface area contributed by atoms with Gasteiger partial charge in [-0.2, -0.15) is 0 Å². The Morgan fingerprint density at radius 1 is 0.426 bits per heavy atom. The van der Waals surface area contributed by atoms with Crippen LogP contribution in [-0.2, 0) is 0 Å². The zero-order valence-corrected chi connectivity index (χ0v) is 26.0. The van der Waals surface area contributed by atoms with Gasteiger partial charge in [0.15, 0.2) is 0 Å². The first kappa shape index (κ1) is 26.2. The van der Waals surface area contributed by atoms with Gasteiger partial charge in [-0.05, 0) is 91.8 Å². The molecule has 7 aromatic carbocycles. The summed E-state index contributed by atoms with van der Waals surface area (Å²) in [4.78, 5) is 9.45. The fourth-order valence-electron chi connectivity index (χ4n) is 7.05. The molecule has 0 aliphatic heterocycles. The lowest BCUT2D eigenvalue weighted by molar-refractivity contribution is 1.34. The molecule has 0 saturated carbocycles. The smallest absolute Gasteiger partial charge is 0.114 e. The van der Waals surface area contributed by atoms with Crippen molar-refractivity contribution in [1.82, 2.24) is 9.97 Å². The van der Waals surface area contributed by atoms with Crippen LogP contribution in [0.15, 0.2) is 146 Å². The first-order valence-corrected chi connectivity index (χ1v) is 16.5. The van der Waals surface area contributed by atoms with Crippen molar-refractivity contribution >= 4 is 85.6 Å². The Balaban J connectivity index is 1.04. The fraction of sp³-hybridized carbons (Fsp3) is 0. The number of rotatable bonds is 1. The van der Waals surface area contributed by atoms with E-state index in [4.69, 9.17) is 4.98 Å². The van der Waals surface area contributed by atoms with Crippen molar-refractivity contribution in [2.75, 3.05) is 0 Å². The number of pyridine rings is 2. The van der Waals surface area contributed by atoms with Crippen molar-refractivity contribution in [3.05, 3.63) is 157 Å². The third kappa shape index (κ3) is 4.20. The number of thiophene rings is 1. The molecule has 0 spiro atoms. The van der Waals surface area contributed by atoms with Crippen molar-refractivity contribution < 1.29 is 0 Å². The monoisotopic (exact) mass is 612 g/mol. The highest BCUT2D eigenvalue weighted by Crippen LogP contribution is 2.40. The van der Waals surface area contributed by atoms with Crippen LogP contribution in [-0.4, -0.2) is 9.97 Å². The van der Waals surface area contributed by atoms with Crippen LogP contribution >= 0.6 is 11.3 Å². The van der Waals surface area contributed by atoms with Crippen LogP contribution in [0, 0.1) is 11.8 Å². The molecule has 0 saturated heterocycles. The van der Waals surface area contributed by atoms with Gasteiger partial charge in [-0.1, -0.05) is 103 Å². The lowest BCUT2D eigenvalue weighted by atomic mass is 9.92. The fourth-order valence-corrected chi connectivity index (χ4v) is 8.24. The molecule has 10 rings (SSSR count). The quantitative estimate of drug-likeness (QED) is 0.136. The average molecular weight is 613 g/mol. The minimum absolute atomic E-state index is 0.743. The predicted octanol–water partition coefficient (Wildman–Crippen LogP) is 11.7. The molecule has 0 fully saturated rings. The van der Waals surface area contributed by atoms with Gasteiger partial charge in [0.25, 0.3) is 0 Å². The molecule has 3 heterocycles. The second-order valence-electron chi connectivity index (χ2n) is 12.0. The summed E-state index contributed by atoms with van der Waals surface area (Å²) in [5.74, 6) is 6.67. The zero-order chi connectivity index (χ0) is 30.9. The normalized spacial score (nSPS) is 11.7. The summed E-state index contributed by atoms with van der Waals surface area (Å²) in [6.07, 6.45) is 1.82. The van der Waals surface area contributed by atoms with Gasteiger partial charge in [0.1, 0.15) is 5.69 Å². The van der Waals surface area contributed by atoms with E-state index in [1.54, 1.807) is 0 Å². The Hall–Kier alpha value is -6.08. The first-order valence-electron chi connectivity index (χ1n) is 15.7. The maximum absolute atomic E-state index is 4.87. The standard InChI is InChI=1S/C44H24N2S/c1-2-9-35-33(7-1)34-8-3-4-10-36(34)40-25-30(16-21-37(35)40)31-17-22-39-38-20-12-27(24-41(38)47-42(39)26-31)11-18-32-19-15-29-14-13-28-6-5-23-45-43(28)44(29)46-32/h1-10,12-17,19-26H. The van der Waals surface area contributed by atoms with E-state index in [0.29, 0.717) is 0 Å². The van der Waals surface area contributed by atoms with Crippen LogP contribution in [0.5, 0.6) is 0 Å². The molecule has 0 aliphatic rings. The van der Waals surface area contributed by atoms with E-state index in [1.165, 1.54) is 63.6 Å². The molecular weight excluding hydrogens is 589 g/mol. The van der Waals surface area contributed by atoms with Crippen molar-refractivity contribution in [2.24, 2.45) is 0 Å². The summed E-state index contributed by atoms with van der Waals surface area (Å²) in [6, 6.07) is 50.1. The Labute approximate surface area is 274 Å². The molecule has 216 valence electrons. The predicted molar refractivity (Wildman–Crippen MR) is 200 cm³/mol. The number of hydrogen-bond acceptors (Lipinski definition) is 3. The highest BCUT2D eigenvalue weighted by molar-refractivity contribution is 7.25. The number of hydrogen-bond donors (Lipinski definition) is 0. The van der Waals surface area contributed by atoms with E-state index in [9.17, 15) is 0 Å². The molecule has 0 radical (unpaired) electrons. The average Bonchev–Trinajstić information content (AvgIpc) is 3.51. The van der Waals surface area contributed by atoms with Crippen LogP contribution in [0.3, 0.4) is 0 Å². The molecule has 2 nitrogen and oxygen atoms in total. The van der Waals surface area contributed by atoms with E-state index in [2.05, 4.69) is 144 Å². The number of aromatic nitrogens is 2. The number of fused-ring (bicyclic) bond motifs is 12. The minimum Gasteiger partial charge on any atom is -0.254 e. The number of benzene rings is 7. The van der Waals surface area contributed by atoms with Crippen LogP contribution in [0.25, 0.3) is 85.4 Å². The lowest BCUT2D eigenvalue weighted by Crippen LogP contribution is -1.88. The van der Waals surface area contributed by atoms with Gasteiger partial charge in [-0.25, -0.2) is 4.98 Å². The molecule has 0 unspecified atom stereocenters. The molecule has 0 bridgehead atoms. The molecule has 47 heavy (non-hydrogen) atoms. The SMILES string of the molecule is C(#Cc1ccc2ccc3cccnc3c2n1)c1ccc2c(c1)sc1cc(-c3ccc4c5ccccc5c5ccccc5c4c3)ccc12. The van der Waals surface area contributed by atoms with E-state index < -0.39 is 0 Å². The highest BCUT2D eigenvalue weighted by Gasteiger charge is 2.12. The Kier molecular flexibility index (Phi) is 5.69. The molecule has 0 amide bonds. The van der Waals surface area contributed by atoms with Crippen molar-refractivity contribution in [2.45, 2.75) is 0 Å². The summed E-state index contributed by atoms with van der Waals surface area (Å²) >= 11 is 1.83. The summed E-state index contributed by atoms with van der Waals surface area (Å²) in [5, 5.41) is 12.5. The van der Waals surface area contributed by atoms with Gasteiger partial charge < -0.3 is 0 Å². The molecule has 10 aromatic rings. The third-order valence-corrected chi connectivity index (χ3v) is 10.4. The van der Waals surface area contributed by atoms with Crippen molar-refractivity contribution in [3.63, 3.8) is 0 Å². The summed E-state index contributed by atoms with van der Waals surface area (Å²) in [5.41, 5.74) is 5.98. The molecule has 0 atom stereocenters. The van der Waals surface area contributed by atoms with E-state index in [1.807, 2.05) is 29.7 Å². The van der Waals surface area contributed by atoms with E-state index >= 15 is 0 Å². The Bertz CT molecular complexity index is 2940. The molecule has 0 aliphatic carbocycles. The van der Waals surface area contributed by atoms with Gasteiger partial charge in [-0.15, -0.1) is 11.3 Å². The highest BCUT2D eigenvalue weighted by atomic mass is 32.1. The van der Waals surface area contributed by atoms with Crippen LogP contribution in [0.4, 0.5) is 0 Å². The van der Waals surface area contributed by atoms with Gasteiger partial charge >= 0.3 is 0 Å². The first-order chi connectivity index (χ1) is 23.3. The Morgan fingerprint density at radius 3 is 1.79 bits per heavy atom. The van der Waals surface area contributed by atoms with E-state index in [0.717, 1.165) is 33.1 Å². The second-order valence-corrected chi connectivity index (χ2v) is 13.1. The van der Waals surface area contributed by atoms with Crippen LogP contribution in [0.1, 0.15) is 11.3 Å². The summed E-state index contributed by atoms with van der Waals surface area (Å²) in [7, 11) is 0. The maximum Gasteiger partial charge on any atom is 0.114 e.